The summed E-state index contributed by atoms with van der Waals surface area (Å²) in [5.41, 5.74) is 4.72. The predicted molar refractivity (Wildman–Crippen MR) is 104 cm³/mol. The summed E-state index contributed by atoms with van der Waals surface area (Å²) >= 11 is 0. The maximum absolute atomic E-state index is 10.3. The lowest BCUT2D eigenvalue weighted by Crippen LogP contribution is -2.36. The van der Waals surface area contributed by atoms with Crippen LogP contribution in [0, 0.1) is 0 Å². The van der Waals surface area contributed by atoms with Crippen LogP contribution in [0.15, 0.2) is 35.3 Å². The Morgan fingerprint density at radius 1 is 1.04 bits per heavy atom. The van der Waals surface area contributed by atoms with Crippen molar-refractivity contribution < 1.29 is 14.6 Å². The first kappa shape index (κ1) is 17.5. The zero-order chi connectivity index (χ0) is 18.6. The molecule has 27 heavy (non-hydrogen) atoms. The van der Waals surface area contributed by atoms with Gasteiger partial charge in [-0.15, -0.1) is 0 Å². The van der Waals surface area contributed by atoms with Crippen LogP contribution in [0.1, 0.15) is 35.1 Å². The molecule has 6 heteroatoms. The van der Waals surface area contributed by atoms with Gasteiger partial charge >= 0.3 is 0 Å². The van der Waals surface area contributed by atoms with Crippen LogP contribution in [-0.4, -0.2) is 24.9 Å². The van der Waals surface area contributed by atoms with Crippen LogP contribution in [0.4, 0.5) is 0 Å². The van der Waals surface area contributed by atoms with Crippen molar-refractivity contribution >= 4 is 5.96 Å². The van der Waals surface area contributed by atoms with Crippen LogP contribution >= 0.6 is 0 Å². The average Bonchev–Trinajstić information content (AvgIpc) is 3.17. The van der Waals surface area contributed by atoms with Crippen molar-refractivity contribution in [3.8, 4) is 17.2 Å². The lowest BCUT2D eigenvalue weighted by atomic mass is 9.88. The van der Waals surface area contributed by atoms with Gasteiger partial charge in [0.2, 0.25) is 6.79 Å². The van der Waals surface area contributed by atoms with E-state index in [9.17, 15) is 5.11 Å². The molecule has 0 saturated heterocycles. The van der Waals surface area contributed by atoms with Crippen LogP contribution in [0.25, 0.3) is 0 Å². The lowest BCUT2D eigenvalue weighted by molar-refractivity contribution is 0.174. The number of benzene rings is 2. The highest BCUT2D eigenvalue weighted by molar-refractivity contribution is 5.79. The molecule has 0 saturated carbocycles. The fourth-order valence-corrected chi connectivity index (χ4v) is 3.72. The number of aryl methyl sites for hydroxylation is 1. The minimum Gasteiger partial charge on any atom is -0.508 e. The average molecular weight is 367 g/mol. The first-order valence-electron chi connectivity index (χ1n) is 9.40. The Kier molecular flexibility index (Phi) is 5.05. The Hall–Kier alpha value is -2.89. The molecule has 0 atom stereocenters. The van der Waals surface area contributed by atoms with E-state index in [4.69, 9.17) is 9.47 Å². The third-order valence-corrected chi connectivity index (χ3v) is 5.18. The molecule has 1 aliphatic carbocycles. The van der Waals surface area contributed by atoms with Gasteiger partial charge in [0.1, 0.15) is 5.75 Å². The van der Waals surface area contributed by atoms with Gasteiger partial charge in [-0.3, -0.25) is 4.99 Å². The van der Waals surface area contributed by atoms with Crippen molar-refractivity contribution in [3.63, 3.8) is 0 Å². The van der Waals surface area contributed by atoms with E-state index in [2.05, 4.69) is 21.7 Å². The van der Waals surface area contributed by atoms with E-state index < -0.39 is 0 Å². The van der Waals surface area contributed by atoms with Crippen LogP contribution in [0.5, 0.6) is 17.2 Å². The molecule has 1 aliphatic heterocycles. The monoisotopic (exact) mass is 367 g/mol. The molecule has 4 rings (SSSR count). The van der Waals surface area contributed by atoms with Crippen molar-refractivity contribution in [2.45, 2.75) is 38.8 Å². The molecule has 2 aromatic carbocycles. The van der Waals surface area contributed by atoms with Gasteiger partial charge in [-0.1, -0.05) is 12.1 Å². The van der Waals surface area contributed by atoms with Crippen molar-refractivity contribution in [1.29, 1.82) is 0 Å². The van der Waals surface area contributed by atoms with Gasteiger partial charge < -0.3 is 25.2 Å². The van der Waals surface area contributed by atoms with Crippen LogP contribution in [0.2, 0.25) is 0 Å². The maximum atomic E-state index is 10.3. The number of hydrogen-bond acceptors (Lipinski definition) is 4. The Bertz CT molecular complexity index is 864. The summed E-state index contributed by atoms with van der Waals surface area (Å²) in [7, 11) is 1.75. The molecular formula is C21H25N3O3. The minimum atomic E-state index is 0.278. The number of guanidine groups is 1. The van der Waals surface area contributed by atoms with E-state index in [1.807, 2.05) is 24.3 Å². The number of phenolic OH excluding ortho intramolecular Hbond substituents is 1. The van der Waals surface area contributed by atoms with Crippen molar-refractivity contribution in [1.82, 2.24) is 10.6 Å². The molecule has 2 aliphatic rings. The van der Waals surface area contributed by atoms with Gasteiger partial charge in [0.05, 0.1) is 0 Å². The second kappa shape index (κ2) is 7.78. The summed E-state index contributed by atoms with van der Waals surface area (Å²) in [6, 6.07) is 9.77. The molecule has 6 nitrogen and oxygen atoms in total. The maximum Gasteiger partial charge on any atom is 0.231 e. The normalized spacial score (nSPS) is 15.4. The van der Waals surface area contributed by atoms with Gasteiger partial charge in [-0.25, -0.2) is 0 Å². The molecule has 1 heterocycles. The van der Waals surface area contributed by atoms with Gasteiger partial charge in [0.25, 0.3) is 0 Å². The van der Waals surface area contributed by atoms with Crippen molar-refractivity contribution in [2.24, 2.45) is 4.99 Å². The third-order valence-electron chi connectivity index (χ3n) is 5.18. The van der Waals surface area contributed by atoms with Gasteiger partial charge in [-0.05, 0) is 60.6 Å². The standard InChI is InChI=1S/C21H25N3O3/c1-22-21(23-11-14-6-9-19-20(10-14)27-13-26-19)24-12-17-16-5-3-2-4-15(16)7-8-18(17)25/h6-10,25H,2-5,11-13H2,1H3,(H2,22,23,24). The molecule has 0 unspecified atom stereocenters. The summed E-state index contributed by atoms with van der Waals surface area (Å²) in [6.45, 7) is 1.45. The fraction of sp³-hybridized carbons (Fsp3) is 0.381. The van der Waals surface area contributed by atoms with Crippen molar-refractivity contribution in [2.75, 3.05) is 13.8 Å². The predicted octanol–water partition coefficient (Wildman–Crippen LogP) is 2.86. The van der Waals surface area contributed by atoms with E-state index in [0.29, 0.717) is 24.8 Å². The largest absolute Gasteiger partial charge is 0.508 e. The Labute approximate surface area is 159 Å². The lowest BCUT2D eigenvalue weighted by Gasteiger charge is -2.21. The highest BCUT2D eigenvalue weighted by Gasteiger charge is 2.17. The number of rotatable bonds is 4. The van der Waals surface area contributed by atoms with Crippen LogP contribution < -0.4 is 20.1 Å². The van der Waals surface area contributed by atoms with E-state index >= 15 is 0 Å². The number of aliphatic imine (C=N–C) groups is 1. The first-order valence-corrected chi connectivity index (χ1v) is 9.40. The van der Waals surface area contributed by atoms with Gasteiger partial charge in [0, 0.05) is 25.7 Å². The summed E-state index contributed by atoms with van der Waals surface area (Å²) in [5.74, 6) is 2.61. The molecule has 0 radical (unpaired) electrons. The zero-order valence-corrected chi connectivity index (χ0v) is 15.5. The summed E-state index contributed by atoms with van der Waals surface area (Å²) in [6.07, 6.45) is 4.54. The Balaban J connectivity index is 1.39. The second-order valence-electron chi connectivity index (χ2n) is 6.87. The molecule has 2 aromatic rings. The van der Waals surface area contributed by atoms with E-state index in [1.165, 1.54) is 24.0 Å². The smallest absolute Gasteiger partial charge is 0.231 e. The van der Waals surface area contributed by atoms with Gasteiger partial charge in [-0.2, -0.15) is 0 Å². The number of nitrogens with one attached hydrogen (secondary N) is 2. The molecule has 0 fully saturated rings. The Morgan fingerprint density at radius 2 is 1.85 bits per heavy atom. The molecule has 0 spiro atoms. The number of phenols is 1. The molecule has 0 amide bonds. The minimum absolute atomic E-state index is 0.278. The van der Waals surface area contributed by atoms with E-state index in [1.54, 1.807) is 7.05 Å². The SMILES string of the molecule is CN=C(NCc1ccc2c(c1)OCO2)NCc1c(O)ccc2c1CCCC2. The highest BCUT2D eigenvalue weighted by atomic mass is 16.7. The number of hydrogen-bond donors (Lipinski definition) is 3. The van der Waals surface area contributed by atoms with Gasteiger partial charge in [0.15, 0.2) is 17.5 Å². The summed E-state index contributed by atoms with van der Waals surface area (Å²) < 4.78 is 10.8. The van der Waals surface area contributed by atoms with Crippen LogP contribution in [0.3, 0.4) is 0 Å². The molecular weight excluding hydrogens is 342 g/mol. The third kappa shape index (κ3) is 3.79. The number of fused-ring (bicyclic) bond motifs is 2. The second-order valence-corrected chi connectivity index (χ2v) is 6.87. The number of aromatic hydroxyl groups is 1. The molecule has 142 valence electrons. The van der Waals surface area contributed by atoms with E-state index in [-0.39, 0.29) is 6.79 Å². The van der Waals surface area contributed by atoms with E-state index in [0.717, 1.165) is 35.5 Å². The molecule has 0 bridgehead atoms. The zero-order valence-electron chi connectivity index (χ0n) is 15.5. The topological polar surface area (TPSA) is 75.1 Å². The summed E-state index contributed by atoms with van der Waals surface area (Å²) in [4.78, 5) is 4.29. The Morgan fingerprint density at radius 3 is 2.74 bits per heavy atom. The first-order chi connectivity index (χ1) is 13.2. The number of nitrogens with zero attached hydrogens (tertiary/aromatic N) is 1. The quantitative estimate of drug-likeness (QED) is 0.572. The number of ether oxygens (including phenoxy) is 2. The summed E-state index contributed by atoms with van der Waals surface area (Å²) in [5, 5.41) is 17.0. The molecule has 0 aromatic heterocycles. The van der Waals surface area contributed by atoms with Crippen LogP contribution in [-0.2, 0) is 25.9 Å². The molecule has 3 N–H and O–H groups in total. The fourth-order valence-electron chi connectivity index (χ4n) is 3.72. The van der Waals surface area contributed by atoms with Crippen molar-refractivity contribution in [3.05, 3.63) is 52.6 Å². The highest BCUT2D eigenvalue weighted by Crippen LogP contribution is 2.32.